The Hall–Kier alpha value is -2.08. The molecule has 0 aromatic heterocycles. The minimum atomic E-state index is -0.634. The van der Waals surface area contributed by atoms with Crippen molar-refractivity contribution in [3.05, 3.63) is 35.9 Å². The second kappa shape index (κ2) is 8.26. The third-order valence-electron chi connectivity index (χ3n) is 3.08. The van der Waals surface area contributed by atoms with Crippen molar-refractivity contribution in [3.8, 4) is 0 Å². The van der Waals surface area contributed by atoms with E-state index >= 15 is 0 Å². The smallest absolute Gasteiger partial charge is 0.408 e. The standard InChI is InChI=1S/C15H23N3O3/c1-11(2)13(14(19)18(4)16-3)17-15(20)21-10-12-8-6-5-7-9-12/h5-9,11,13,16H,10H2,1-4H3,(H,17,20)/t13-/m0/s1. The van der Waals surface area contributed by atoms with Crippen LogP contribution < -0.4 is 10.7 Å². The minimum absolute atomic E-state index is 0.0439. The minimum Gasteiger partial charge on any atom is -0.445 e. The van der Waals surface area contributed by atoms with Crippen LogP contribution in [0.25, 0.3) is 0 Å². The first kappa shape index (κ1) is 17.0. The normalized spacial score (nSPS) is 11.9. The fourth-order valence-electron chi connectivity index (χ4n) is 1.72. The molecule has 0 spiro atoms. The van der Waals surface area contributed by atoms with E-state index in [4.69, 9.17) is 4.74 Å². The molecular formula is C15H23N3O3. The van der Waals surface area contributed by atoms with Gasteiger partial charge < -0.3 is 10.1 Å². The van der Waals surface area contributed by atoms with Crippen molar-refractivity contribution in [2.75, 3.05) is 14.1 Å². The Morgan fingerprint density at radius 1 is 1.24 bits per heavy atom. The molecule has 0 bridgehead atoms. The van der Waals surface area contributed by atoms with Gasteiger partial charge in [-0.25, -0.2) is 10.2 Å². The van der Waals surface area contributed by atoms with Gasteiger partial charge in [-0.1, -0.05) is 44.2 Å². The predicted octanol–water partition coefficient (Wildman–Crippen LogP) is 1.53. The molecule has 0 saturated carbocycles. The van der Waals surface area contributed by atoms with Crippen LogP contribution in [0.1, 0.15) is 19.4 Å². The molecule has 2 amide bonds. The molecular weight excluding hydrogens is 270 g/mol. The van der Waals surface area contributed by atoms with E-state index in [0.29, 0.717) is 0 Å². The van der Waals surface area contributed by atoms with Crippen molar-refractivity contribution in [2.24, 2.45) is 5.92 Å². The van der Waals surface area contributed by atoms with Crippen LogP contribution in [0.15, 0.2) is 30.3 Å². The lowest BCUT2D eigenvalue weighted by atomic mass is 10.0. The fraction of sp³-hybridized carbons (Fsp3) is 0.467. The number of carbonyl (C=O) groups excluding carboxylic acids is 2. The third-order valence-corrected chi connectivity index (χ3v) is 3.08. The summed E-state index contributed by atoms with van der Waals surface area (Å²) in [4.78, 5) is 23.9. The average Bonchev–Trinajstić information content (AvgIpc) is 2.49. The topological polar surface area (TPSA) is 70.7 Å². The molecule has 116 valence electrons. The Morgan fingerprint density at radius 3 is 2.38 bits per heavy atom. The summed E-state index contributed by atoms with van der Waals surface area (Å²) in [6, 6.07) is 8.74. The molecule has 1 aromatic carbocycles. The van der Waals surface area contributed by atoms with Crippen LogP contribution in [0, 0.1) is 5.92 Å². The third kappa shape index (κ3) is 5.43. The van der Waals surface area contributed by atoms with Crippen LogP contribution in [0.4, 0.5) is 4.79 Å². The van der Waals surface area contributed by atoms with Gasteiger partial charge in [0.1, 0.15) is 12.6 Å². The van der Waals surface area contributed by atoms with Gasteiger partial charge in [-0.2, -0.15) is 0 Å². The average molecular weight is 293 g/mol. The number of rotatable bonds is 6. The molecule has 0 heterocycles. The predicted molar refractivity (Wildman–Crippen MR) is 80.2 cm³/mol. The first-order chi connectivity index (χ1) is 9.95. The van der Waals surface area contributed by atoms with Crippen molar-refractivity contribution in [1.29, 1.82) is 0 Å². The van der Waals surface area contributed by atoms with Crippen LogP contribution in [-0.4, -0.2) is 37.1 Å². The zero-order valence-electron chi connectivity index (χ0n) is 12.9. The van der Waals surface area contributed by atoms with Gasteiger partial charge in [0.25, 0.3) is 5.91 Å². The number of ether oxygens (including phenoxy) is 1. The van der Waals surface area contributed by atoms with Crippen molar-refractivity contribution < 1.29 is 14.3 Å². The van der Waals surface area contributed by atoms with E-state index in [1.165, 1.54) is 5.01 Å². The Balaban J connectivity index is 2.55. The van der Waals surface area contributed by atoms with Crippen molar-refractivity contribution in [2.45, 2.75) is 26.5 Å². The highest BCUT2D eigenvalue weighted by Gasteiger charge is 2.27. The molecule has 1 rings (SSSR count). The molecule has 21 heavy (non-hydrogen) atoms. The first-order valence-electron chi connectivity index (χ1n) is 6.88. The van der Waals surface area contributed by atoms with E-state index < -0.39 is 12.1 Å². The van der Waals surface area contributed by atoms with E-state index in [0.717, 1.165) is 5.56 Å². The molecule has 0 saturated heterocycles. The molecule has 1 atom stereocenters. The second-order valence-corrected chi connectivity index (χ2v) is 5.05. The number of likely N-dealkylation sites (N-methyl/N-ethyl adjacent to an activating group) is 1. The summed E-state index contributed by atoms with van der Waals surface area (Å²) < 4.78 is 5.13. The molecule has 0 aliphatic rings. The number of hydrogen-bond donors (Lipinski definition) is 2. The van der Waals surface area contributed by atoms with E-state index in [1.807, 2.05) is 44.2 Å². The Labute approximate surface area is 125 Å². The molecule has 0 radical (unpaired) electrons. The van der Waals surface area contributed by atoms with Crippen molar-refractivity contribution >= 4 is 12.0 Å². The molecule has 1 aromatic rings. The Bertz CT molecular complexity index is 462. The highest BCUT2D eigenvalue weighted by Crippen LogP contribution is 2.06. The molecule has 2 N–H and O–H groups in total. The van der Waals surface area contributed by atoms with Crippen LogP contribution in [0.2, 0.25) is 0 Å². The lowest BCUT2D eigenvalue weighted by molar-refractivity contribution is -0.135. The summed E-state index contributed by atoms with van der Waals surface area (Å²) >= 11 is 0. The van der Waals surface area contributed by atoms with Gasteiger partial charge in [-0.05, 0) is 11.5 Å². The van der Waals surface area contributed by atoms with Gasteiger partial charge in [0, 0.05) is 14.1 Å². The largest absolute Gasteiger partial charge is 0.445 e. The monoisotopic (exact) mass is 293 g/mol. The summed E-state index contributed by atoms with van der Waals surface area (Å²) in [6.07, 6.45) is -0.601. The Morgan fingerprint density at radius 2 is 1.86 bits per heavy atom. The maximum Gasteiger partial charge on any atom is 0.408 e. The maximum atomic E-state index is 12.1. The van der Waals surface area contributed by atoms with Gasteiger partial charge in [0.15, 0.2) is 0 Å². The van der Waals surface area contributed by atoms with E-state index in [9.17, 15) is 9.59 Å². The van der Waals surface area contributed by atoms with Crippen molar-refractivity contribution in [3.63, 3.8) is 0 Å². The zero-order chi connectivity index (χ0) is 15.8. The Kier molecular flexibility index (Phi) is 6.68. The molecule has 0 aliphatic carbocycles. The SMILES string of the molecule is CNN(C)C(=O)[C@@H](NC(=O)OCc1ccccc1)C(C)C. The molecule has 6 heteroatoms. The van der Waals surface area contributed by atoms with Crippen LogP contribution in [0.3, 0.4) is 0 Å². The second-order valence-electron chi connectivity index (χ2n) is 5.05. The van der Waals surface area contributed by atoms with E-state index in [1.54, 1.807) is 14.1 Å². The summed E-state index contributed by atoms with van der Waals surface area (Å²) in [5, 5.41) is 3.94. The molecule has 0 unspecified atom stereocenters. The number of nitrogens with zero attached hydrogens (tertiary/aromatic N) is 1. The highest BCUT2D eigenvalue weighted by atomic mass is 16.5. The van der Waals surface area contributed by atoms with Gasteiger partial charge in [-0.3, -0.25) is 9.80 Å². The van der Waals surface area contributed by atoms with Crippen LogP contribution in [-0.2, 0) is 16.1 Å². The fourth-order valence-corrected chi connectivity index (χ4v) is 1.72. The number of alkyl carbamates (subject to hydrolysis) is 1. The van der Waals surface area contributed by atoms with Crippen LogP contribution >= 0.6 is 0 Å². The van der Waals surface area contributed by atoms with Gasteiger partial charge in [0.05, 0.1) is 0 Å². The van der Waals surface area contributed by atoms with Crippen molar-refractivity contribution in [1.82, 2.24) is 15.8 Å². The van der Waals surface area contributed by atoms with Gasteiger partial charge in [0.2, 0.25) is 0 Å². The number of nitrogens with one attached hydrogen (secondary N) is 2. The maximum absolute atomic E-state index is 12.1. The lowest BCUT2D eigenvalue weighted by Crippen LogP contribution is -2.53. The van der Waals surface area contributed by atoms with E-state index in [-0.39, 0.29) is 18.4 Å². The number of hydrazine groups is 1. The van der Waals surface area contributed by atoms with Crippen LogP contribution in [0.5, 0.6) is 0 Å². The highest BCUT2D eigenvalue weighted by molar-refractivity contribution is 5.85. The number of hydrogen-bond acceptors (Lipinski definition) is 4. The molecule has 0 aliphatic heterocycles. The molecule has 6 nitrogen and oxygen atoms in total. The van der Waals surface area contributed by atoms with Gasteiger partial charge in [-0.15, -0.1) is 0 Å². The lowest BCUT2D eigenvalue weighted by Gasteiger charge is -2.26. The first-order valence-corrected chi connectivity index (χ1v) is 6.88. The number of amides is 2. The molecule has 0 fully saturated rings. The number of carbonyl (C=O) groups is 2. The zero-order valence-corrected chi connectivity index (χ0v) is 12.9. The summed E-state index contributed by atoms with van der Waals surface area (Å²) in [7, 11) is 3.25. The summed E-state index contributed by atoms with van der Waals surface area (Å²) in [5.74, 6) is -0.262. The summed E-state index contributed by atoms with van der Waals surface area (Å²) in [5.41, 5.74) is 3.62. The van der Waals surface area contributed by atoms with E-state index in [2.05, 4.69) is 10.7 Å². The quantitative estimate of drug-likeness (QED) is 0.780. The summed E-state index contributed by atoms with van der Waals surface area (Å²) in [6.45, 7) is 3.90. The number of benzene rings is 1. The van der Waals surface area contributed by atoms with Gasteiger partial charge >= 0.3 is 6.09 Å².